The zero-order chi connectivity index (χ0) is 20.7. The second-order valence-corrected chi connectivity index (χ2v) is 6.88. The lowest BCUT2D eigenvalue weighted by Crippen LogP contribution is -2.54. The van der Waals surface area contributed by atoms with Crippen molar-refractivity contribution in [3.8, 4) is 17.0 Å². The topological polar surface area (TPSA) is 68.5 Å². The van der Waals surface area contributed by atoms with Crippen LogP contribution >= 0.6 is 0 Å². The first kappa shape index (κ1) is 19.7. The van der Waals surface area contributed by atoms with Gasteiger partial charge in [0.05, 0.1) is 12.8 Å². The number of methoxy groups -OCH3 is 1. The summed E-state index contributed by atoms with van der Waals surface area (Å²) < 4.78 is 46.1. The molecule has 1 N–H and O–H groups in total. The van der Waals surface area contributed by atoms with Gasteiger partial charge in [0.25, 0.3) is 5.91 Å². The molecule has 3 rings (SSSR count). The molecule has 0 fully saturated rings. The number of amides is 1. The number of alkyl halides is 3. The molecule has 0 spiro atoms. The van der Waals surface area contributed by atoms with Gasteiger partial charge in [-0.15, -0.1) is 0 Å². The number of nitrogens with zero attached hydrogens (tertiary/aromatic N) is 3. The van der Waals surface area contributed by atoms with E-state index in [4.69, 9.17) is 4.74 Å². The summed E-state index contributed by atoms with van der Waals surface area (Å²) in [7, 11) is 1.54. The maximum atomic E-state index is 13.1. The molecule has 0 radical (unpaired) electrons. The predicted octanol–water partition coefficient (Wildman–Crippen LogP) is 3.78. The van der Waals surface area contributed by atoms with Crippen LogP contribution in [0.2, 0.25) is 0 Å². The van der Waals surface area contributed by atoms with Crippen LogP contribution in [0.15, 0.2) is 36.7 Å². The number of benzene rings is 1. The fraction of sp³-hybridized carbons (Fsp3) is 0.316. The second-order valence-electron chi connectivity index (χ2n) is 6.88. The average molecular weight is 392 g/mol. The molecule has 2 heterocycles. The van der Waals surface area contributed by atoms with Crippen molar-refractivity contribution in [1.29, 1.82) is 0 Å². The molecule has 0 aliphatic rings. The molecule has 1 amide bonds. The third kappa shape index (κ3) is 3.51. The van der Waals surface area contributed by atoms with Gasteiger partial charge in [-0.2, -0.15) is 13.2 Å². The van der Waals surface area contributed by atoms with E-state index < -0.39 is 17.6 Å². The number of carbonyl (C=O) groups excluding carboxylic acids is 1. The maximum Gasteiger partial charge on any atom is 0.410 e. The molecule has 1 aromatic carbocycles. The molecule has 2 aromatic heterocycles. The maximum absolute atomic E-state index is 13.1. The highest BCUT2D eigenvalue weighted by Gasteiger charge is 2.48. The van der Waals surface area contributed by atoms with Gasteiger partial charge in [-0.05, 0) is 39.0 Å². The van der Waals surface area contributed by atoms with E-state index in [1.807, 2.05) is 11.4 Å². The minimum atomic E-state index is -4.60. The van der Waals surface area contributed by atoms with Crippen molar-refractivity contribution in [2.24, 2.45) is 0 Å². The molecule has 0 unspecified atom stereocenters. The molecule has 0 aliphatic heterocycles. The Labute approximate surface area is 159 Å². The average Bonchev–Trinajstić information content (AvgIpc) is 3.05. The van der Waals surface area contributed by atoms with Crippen molar-refractivity contribution in [1.82, 2.24) is 19.7 Å². The van der Waals surface area contributed by atoms with Crippen LogP contribution in [-0.4, -0.2) is 39.1 Å². The Kier molecular flexibility index (Phi) is 4.78. The van der Waals surface area contributed by atoms with Crippen LogP contribution < -0.4 is 10.1 Å². The molecule has 0 aliphatic carbocycles. The largest absolute Gasteiger partial charge is 0.497 e. The molecule has 9 heteroatoms. The molecular weight excluding hydrogens is 373 g/mol. The van der Waals surface area contributed by atoms with Gasteiger partial charge >= 0.3 is 6.18 Å². The number of nitrogens with one attached hydrogen (secondary N) is 1. The monoisotopic (exact) mass is 392 g/mol. The van der Waals surface area contributed by atoms with Crippen LogP contribution in [0.5, 0.6) is 5.75 Å². The summed E-state index contributed by atoms with van der Waals surface area (Å²) in [5.41, 5.74) is -0.385. The van der Waals surface area contributed by atoms with Gasteiger partial charge in [0.1, 0.15) is 17.6 Å². The normalized spacial score (nSPS) is 12.2. The fourth-order valence-electron chi connectivity index (χ4n) is 2.63. The van der Waals surface area contributed by atoms with Gasteiger partial charge in [0.2, 0.25) is 0 Å². The molecule has 0 saturated carbocycles. The molecule has 0 saturated heterocycles. The first-order valence-electron chi connectivity index (χ1n) is 8.42. The Balaban J connectivity index is 2.06. The number of aryl methyl sites for hydroxylation is 1. The van der Waals surface area contributed by atoms with E-state index in [1.54, 1.807) is 42.7 Å². The van der Waals surface area contributed by atoms with Crippen molar-refractivity contribution in [3.05, 3.63) is 48.0 Å². The number of ether oxygens (including phenoxy) is 1. The number of hydrogen-bond acceptors (Lipinski definition) is 4. The van der Waals surface area contributed by atoms with E-state index in [9.17, 15) is 18.0 Å². The molecule has 28 heavy (non-hydrogen) atoms. The lowest BCUT2D eigenvalue weighted by molar-refractivity contribution is -0.182. The van der Waals surface area contributed by atoms with E-state index in [-0.39, 0.29) is 11.3 Å². The first-order chi connectivity index (χ1) is 13.0. The Morgan fingerprint density at radius 1 is 1.21 bits per heavy atom. The molecule has 148 valence electrons. The number of fused-ring (bicyclic) bond motifs is 1. The van der Waals surface area contributed by atoms with E-state index in [2.05, 4.69) is 9.97 Å². The van der Waals surface area contributed by atoms with Crippen LogP contribution in [0.4, 0.5) is 13.2 Å². The van der Waals surface area contributed by atoms with Crippen molar-refractivity contribution in [2.75, 3.05) is 7.11 Å². The molecule has 0 bridgehead atoms. The summed E-state index contributed by atoms with van der Waals surface area (Å²) in [4.78, 5) is 20.9. The van der Waals surface area contributed by atoms with Gasteiger partial charge in [0.15, 0.2) is 11.3 Å². The minimum absolute atomic E-state index is 0.174. The Morgan fingerprint density at radius 2 is 1.93 bits per heavy atom. The van der Waals surface area contributed by atoms with Gasteiger partial charge < -0.3 is 10.1 Å². The smallest absolute Gasteiger partial charge is 0.410 e. The lowest BCUT2D eigenvalue weighted by atomic mass is 10.1. The summed E-state index contributed by atoms with van der Waals surface area (Å²) in [6.07, 6.45) is -3.24. The molecule has 3 aromatic rings. The summed E-state index contributed by atoms with van der Waals surface area (Å²) in [6, 6.07) is 8.98. The highest BCUT2D eigenvalue weighted by Crippen LogP contribution is 2.30. The Bertz CT molecular complexity index is 1040. The summed E-state index contributed by atoms with van der Waals surface area (Å²) in [5.74, 6) is -0.310. The van der Waals surface area contributed by atoms with Gasteiger partial charge in [-0.1, -0.05) is 12.1 Å². The molecule has 0 atom stereocenters. The SMILES string of the molecule is COc1cccc(-c2cc(C)n3cnc(C(=O)NC(C)(C)C(F)(F)F)c3n2)c1. The van der Waals surface area contributed by atoms with Gasteiger partial charge in [-0.25, -0.2) is 9.97 Å². The lowest BCUT2D eigenvalue weighted by Gasteiger charge is -2.28. The number of halogens is 3. The fourth-order valence-corrected chi connectivity index (χ4v) is 2.63. The summed E-state index contributed by atoms with van der Waals surface area (Å²) in [6.45, 7) is 3.58. The van der Waals surface area contributed by atoms with Crippen molar-refractivity contribution >= 4 is 11.6 Å². The highest BCUT2D eigenvalue weighted by molar-refractivity contribution is 5.98. The molecule has 6 nitrogen and oxygen atoms in total. The van der Waals surface area contributed by atoms with Crippen molar-refractivity contribution < 1.29 is 22.7 Å². The quantitative estimate of drug-likeness (QED) is 0.734. The first-order valence-corrected chi connectivity index (χ1v) is 8.42. The number of imidazole rings is 1. The van der Waals surface area contributed by atoms with Gasteiger partial charge in [0, 0.05) is 11.3 Å². The number of aromatic nitrogens is 3. The number of hydrogen-bond donors (Lipinski definition) is 1. The predicted molar refractivity (Wildman–Crippen MR) is 97.3 cm³/mol. The Morgan fingerprint density at radius 3 is 2.57 bits per heavy atom. The van der Waals surface area contributed by atoms with E-state index in [0.29, 0.717) is 11.4 Å². The van der Waals surface area contributed by atoms with Crippen LogP contribution in [0.25, 0.3) is 16.9 Å². The molecular formula is C19H19F3N4O2. The third-order valence-corrected chi connectivity index (χ3v) is 4.41. The van der Waals surface area contributed by atoms with Crippen LogP contribution in [-0.2, 0) is 0 Å². The van der Waals surface area contributed by atoms with Crippen LogP contribution in [0, 0.1) is 6.92 Å². The zero-order valence-corrected chi connectivity index (χ0v) is 15.8. The van der Waals surface area contributed by atoms with E-state index in [1.165, 1.54) is 6.33 Å². The van der Waals surface area contributed by atoms with Crippen molar-refractivity contribution in [3.63, 3.8) is 0 Å². The summed E-state index contributed by atoms with van der Waals surface area (Å²) >= 11 is 0. The van der Waals surface area contributed by atoms with E-state index >= 15 is 0 Å². The summed E-state index contributed by atoms with van der Waals surface area (Å²) in [5, 5.41) is 1.99. The number of carbonyl (C=O) groups is 1. The minimum Gasteiger partial charge on any atom is -0.497 e. The second kappa shape index (κ2) is 6.81. The third-order valence-electron chi connectivity index (χ3n) is 4.41. The number of rotatable bonds is 4. The standard InChI is InChI=1S/C19H19F3N4O2/c1-11-8-14(12-6-5-7-13(9-12)28-4)24-16-15(23-10-26(11)16)17(27)25-18(2,3)19(20,21)22/h5-10H,1-4H3,(H,25,27). The Hall–Kier alpha value is -3.10. The van der Waals surface area contributed by atoms with Gasteiger partial charge in [-0.3, -0.25) is 9.20 Å². The van der Waals surface area contributed by atoms with Crippen molar-refractivity contribution in [2.45, 2.75) is 32.5 Å². The highest BCUT2D eigenvalue weighted by atomic mass is 19.4. The van der Waals surface area contributed by atoms with E-state index in [0.717, 1.165) is 25.1 Å². The zero-order valence-electron chi connectivity index (χ0n) is 15.8. The van der Waals surface area contributed by atoms with Crippen LogP contribution in [0.3, 0.4) is 0 Å². The van der Waals surface area contributed by atoms with Crippen LogP contribution in [0.1, 0.15) is 30.0 Å².